The monoisotopic (exact) mass is 279 g/mol. The van der Waals surface area contributed by atoms with E-state index in [1.807, 2.05) is 32.0 Å². The van der Waals surface area contributed by atoms with E-state index < -0.39 is 18.1 Å². The second kappa shape index (κ2) is 6.93. The molecule has 1 rings (SSSR count). The molecule has 0 saturated heterocycles. The van der Waals surface area contributed by atoms with Crippen molar-refractivity contribution in [3.63, 3.8) is 0 Å². The SMILES string of the molecule is CCC(Oc1ccccc1C)C(=O)N(C)C(C)C(=O)O. The molecule has 1 aromatic carbocycles. The molecule has 2 atom stereocenters. The van der Waals surface area contributed by atoms with Crippen molar-refractivity contribution in [2.45, 2.75) is 39.3 Å². The number of ether oxygens (including phenoxy) is 1. The van der Waals surface area contributed by atoms with Gasteiger partial charge in [0.15, 0.2) is 6.10 Å². The van der Waals surface area contributed by atoms with E-state index in [0.29, 0.717) is 12.2 Å². The van der Waals surface area contributed by atoms with Gasteiger partial charge in [0.1, 0.15) is 11.8 Å². The lowest BCUT2D eigenvalue weighted by molar-refractivity contribution is -0.151. The van der Waals surface area contributed by atoms with Gasteiger partial charge in [-0.25, -0.2) is 4.79 Å². The number of likely N-dealkylation sites (N-methyl/N-ethyl adjacent to an activating group) is 1. The molecule has 0 bridgehead atoms. The van der Waals surface area contributed by atoms with Crippen LogP contribution >= 0.6 is 0 Å². The Morgan fingerprint density at radius 2 is 1.95 bits per heavy atom. The molecule has 1 amide bonds. The number of carboxylic acid groups (broad SMARTS) is 1. The number of amides is 1. The number of carboxylic acids is 1. The van der Waals surface area contributed by atoms with Gasteiger partial charge in [-0.05, 0) is 31.9 Å². The van der Waals surface area contributed by atoms with E-state index in [-0.39, 0.29) is 5.91 Å². The first-order valence-electron chi connectivity index (χ1n) is 6.60. The standard InChI is InChI=1S/C15H21NO4/c1-5-12(14(17)16(4)11(3)15(18)19)20-13-9-7-6-8-10(13)2/h6-9,11-12H,5H2,1-4H3,(H,18,19). The molecule has 20 heavy (non-hydrogen) atoms. The largest absolute Gasteiger partial charge is 0.480 e. The third-order valence-corrected chi connectivity index (χ3v) is 3.30. The Labute approximate surface area is 119 Å². The zero-order valence-electron chi connectivity index (χ0n) is 12.3. The molecular formula is C15H21NO4. The van der Waals surface area contributed by atoms with E-state index in [1.165, 1.54) is 18.9 Å². The van der Waals surface area contributed by atoms with Gasteiger partial charge in [-0.15, -0.1) is 0 Å². The maximum atomic E-state index is 12.3. The number of hydrogen-bond acceptors (Lipinski definition) is 3. The van der Waals surface area contributed by atoms with E-state index in [1.54, 1.807) is 6.07 Å². The van der Waals surface area contributed by atoms with Crippen LogP contribution in [0.5, 0.6) is 5.75 Å². The molecule has 1 aromatic rings. The number of nitrogens with zero attached hydrogens (tertiary/aromatic N) is 1. The predicted octanol–water partition coefficient (Wildman–Crippen LogP) is 2.08. The minimum atomic E-state index is -1.04. The van der Waals surface area contributed by atoms with Crippen molar-refractivity contribution in [3.8, 4) is 5.75 Å². The zero-order valence-corrected chi connectivity index (χ0v) is 12.3. The first-order valence-corrected chi connectivity index (χ1v) is 6.60. The molecular weight excluding hydrogens is 258 g/mol. The molecule has 0 radical (unpaired) electrons. The van der Waals surface area contributed by atoms with Gasteiger partial charge in [-0.3, -0.25) is 4.79 Å². The number of aryl methyl sites for hydroxylation is 1. The van der Waals surface area contributed by atoms with Crippen LogP contribution in [0.4, 0.5) is 0 Å². The fourth-order valence-corrected chi connectivity index (χ4v) is 1.73. The number of aliphatic carboxylic acids is 1. The molecule has 5 heteroatoms. The lowest BCUT2D eigenvalue weighted by atomic mass is 10.2. The Hall–Kier alpha value is -2.04. The highest BCUT2D eigenvalue weighted by atomic mass is 16.5. The van der Waals surface area contributed by atoms with Gasteiger partial charge >= 0.3 is 5.97 Å². The third kappa shape index (κ3) is 3.73. The molecule has 0 saturated carbocycles. The first kappa shape index (κ1) is 16.0. The van der Waals surface area contributed by atoms with E-state index in [4.69, 9.17) is 9.84 Å². The maximum absolute atomic E-state index is 12.3. The topological polar surface area (TPSA) is 66.8 Å². The van der Waals surface area contributed by atoms with Crippen molar-refractivity contribution < 1.29 is 19.4 Å². The number of rotatable bonds is 6. The van der Waals surface area contributed by atoms with Crippen LogP contribution in [0.3, 0.4) is 0 Å². The molecule has 0 heterocycles. The molecule has 0 aromatic heterocycles. The lowest BCUT2D eigenvalue weighted by Gasteiger charge is -2.26. The molecule has 5 nitrogen and oxygen atoms in total. The molecule has 0 aliphatic carbocycles. The van der Waals surface area contributed by atoms with Gasteiger partial charge in [0.25, 0.3) is 5.91 Å². The van der Waals surface area contributed by atoms with Crippen LogP contribution in [0.1, 0.15) is 25.8 Å². The van der Waals surface area contributed by atoms with Gasteiger partial charge in [-0.1, -0.05) is 25.1 Å². The van der Waals surface area contributed by atoms with Gasteiger partial charge in [-0.2, -0.15) is 0 Å². The Kier molecular flexibility index (Phi) is 5.55. The predicted molar refractivity (Wildman–Crippen MR) is 75.8 cm³/mol. The summed E-state index contributed by atoms with van der Waals surface area (Å²) in [5.74, 6) is -0.721. The number of para-hydroxylation sites is 1. The van der Waals surface area contributed by atoms with Crippen molar-refractivity contribution >= 4 is 11.9 Å². The zero-order chi connectivity index (χ0) is 15.3. The second-order valence-electron chi connectivity index (χ2n) is 4.74. The van der Waals surface area contributed by atoms with E-state index >= 15 is 0 Å². The Balaban J connectivity index is 2.83. The van der Waals surface area contributed by atoms with E-state index in [9.17, 15) is 9.59 Å². The summed E-state index contributed by atoms with van der Waals surface area (Å²) in [6.07, 6.45) is -0.202. The minimum absolute atomic E-state index is 0.328. The third-order valence-electron chi connectivity index (χ3n) is 3.30. The summed E-state index contributed by atoms with van der Waals surface area (Å²) in [4.78, 5) is 24.4. The van der Waals surface area contributed by atoms with Crippen molar-refractivity contribution in [1.82, 2.24) is 4.90 Å². The highest BCUT2D eigenvalue weighted by Gasteiger charge is 2.28. The average Bonchev–Trinajstić information content (AvgIpc) is 2.44. The highest BCUT2D eigenvalue weighted by Crippen LogP contribution is 2.19. The summed E-state index contributed by atoms with van der Waals surface area (Å²) in [6.45, 7) is 5.21. The van der Waals surface area contributed by atoms with Gasteiger partial charge in [0.05, 0.1) is 0 Å². The number of benzene rings is 1. The fourth-order valence-electron chi connectivity index (χ4n) is 1.73. The van der Waals surface area contributed by atoms with Crippen molar-refractivity contribution in [2.24, 2.45) is 0 Å². The number of hydrogen-bond donors (Lipinski definition) is 1. The van der Waals surface area contributed by atoms with Crippen LogP contribution in [0.25, 0.3) is 0 Å². The minimum Gasteiger partial charge on any atom is -0.480 e. The van der Waals surface area contributed by atoms with Gasteiger partial charge in [0, 0.05) is 7.05 Å². The molecule has 0 fully saturated rings. The van der Waals surface area contributed by atoms with E-state index in [0.717, 1.165) is 5.56 Å². The van der Waals surface area contributed by atoms with Gasteiger partial charge in [0.2, 0.25) is 0 Å². The summed E-state index contributed by atoms with van der Waals surface area (Å²) in [5.41, 5.74) is 0.938. The van der Waals surface area contributed by atoms with E-state index in [2.05, 4.69) is 0 Å². The summed E-state index contributed by atoms with van der Waals surface area (Å²) >= 11 is 0. The number of carbonyl (C=O) groups excluding carboxylic acids is 1. The first-order chi connectivity index (χ1) is 9.38. The van der Waals surface area contributed by atoms with Crippen LogP contribution < -0.4 is 4.74 Å². The molecule has 0 aliphatic rings. The van der Waals surface area contributed by atoms with Crippen molar-refractivity contribution in [3.05, 3.63) is 29.8 Å². The summed E-state index contributed by atoms with van der Waals surface area (Å²) < 4.78 is 5.72. The Morgan fingerprint density at radius 3 is 2.45 bits per heavy atom. The second-order valence-corrected chi connectivity index (χ2v) is 4.74. The average molecular weight is 279 g/mol. The van der Waals surface area contributed by atoms with Crippen molar-refractivity contribution in [1.29, 1.82) is 0 Å². The highest BCUT2D eigenvalue weighted by molar-refractivity contribution is 5.86. The quantitative estimate of drug-likeness (QED) is 0.865. The summed E-state index contributed by atoms with van der Waals surface area (Å²) in [6, 6.07) is 6.55. The molecule has 0 aliphatic heterocycles. The molecule has 2 unspecified atom stereocenters. The van der Waals surface area contributed by atoms with Crippen LogP contribution in [0, 0.1) is 6.92 Å². The van der Waals surface area contributed by atoms with Crippen molar-refractivity contribution in [2.75, 3.05) is 7.05 Å². The summed E-state index contributed by atoms with van der Waals surface area (Å²) in [7, 11) is 1.48. The van der Waals surface area contributed by atoms with Crippen LogP contribution in [0.2, 0.25) is 0 Å². The number of carbonyl (C=O) groups is 2. The molecule has 1 N–H and O–H groups in total. The normalized spacial score (nSPS) is 13.4. The smallest absolute Gasteiger partial charge is 0.326 e. The summed E-state index contributed by atoms with van der Waals surface area (Å²) in [5, 5.41) is 8.95. The molecule has 110 valence electrons. The fraction of sp³-hybridized carbons (Fsp3) is 0.467. The maximum Gasteiger partial charge on any atom is 0.326 e. The molecule has 0 spiro atoms. The van der Waals surface area contributed by atoms with Crippen LogP contribution in [-0.2, 0) is 9.59 Å². The van der Waals surface area contributed by atoms with Crippen LogP contribution in [0.15, 0.2) is 24.3 Å². The lowest BCUT2D eigenvalue weighted by Crippen LogP contribution is -2.46. The Bertz CT molecular complexity index is 487. The van der Waals surface area contributed by atoms with Crippen LogP contribution in [-0.4, -0.2) is 41.1 Å². The Morgan fingerprint density at radius 1 is 1.35 bits per heavy atom. The van der Waals surface area contributed by atoms with Gasteiger partial charge < -0.3 is 14.7 Å².